The van der Waals surface area contributed by atoms with Crippen LogP contribution in [0.1, 0.15) is 35.9 Å². The van der Waals surface area contributed by atoms with Gasteiger partial charge in [0.1, 0.15) is 0 Å². The fourth-order valence-electron chi connectivity index (χ4n) is 2.54. The van der Waals surface area contributed by atoms with E-state index in [9.17, 15) is 4.79 Å². The van der Waals surface area contributed by atoms with Crippen molar-refractivity contribution in [1.29, 1.82) is 0 Å². The Balaban J connectivity index is 1.66. The van der Waals surface area contributed by atoms with Crippen molar-refractivity contribution >= 4 is 12.0 Å². The van der Waals surface area contributed by atoms with Gasteiger partial charge in [0.25, 0.3) is 5.89 Å². The van der Waals surface area contributed by atoms with Crippen LogP contribution in [-0.2, 0) is 16.6 Å². The zero-order valence-corrected chi connectivity index (χ0v) is 15.1. The highest BCUT2D eigenvalue weighted by atomic mass is 16.6. The quantitative estimate of drug-likeness (QED) is 0.517. The molecule has 7 heteroatoms. The van der Waals surface area contributed by atoms with Gasteiger partial charge in [0.2, 0.25) is 5.89 Å². The zero-order chi connectivity index (χ0) is 18.7. The highest BCUT2D eigenvalue weighted by molar-refractivity contribution is 5.87. The first kappa shape index (κ1) is 17.6. The molecule has 1 aromatic carbocycles. The third-order valence-electron chi connectivity index (χ3n) is 4.05. The number of rotatable bonds is 5. The molecule has 0 saturated carbocycles. The van der Waals surface area contributed by atoms with Crippen molar-refractivity contribution in [1.82, 2.24) is 20.0 Å². The van der Waals surface area contributed by atoms with E-state index < -0.39 is 12.1 Å². The molecule has 0 spiro atoms. The van der Waals surface area contributed by atoms with Crippen LogP contribution in [0.2, 0.25) is 0 Å². The maximum absolute atomic E-state index is 12.1. The van der Waals surface area contributed by atoms with Crippen LogP contribution in [-0.4, -0.2) is 25.9 Å². The number of benzene rings is 1. The van der Waals surface area contributed by atoms with Gasteiger partial charge in [0.15, 0.2) is 6.10 Å². The number of aryl methyl sites for hydroxylation is 2. The minimum absolute atomic E-state index is 0.249. The van der Waals surface area contributed by atoms with Gasteiger partial charge in [-0.25, -0.2) is 4.79 Å². The van der Waals surface area contributed by atoms with E-state index in [-0.39, 0.29) is 5.89 Å². The first-order valence-electron chi connectivity index (χ1n) is 8.23. The van der Waals surface area contributed by atoms with Crippen molar-refractivity contribution in [2.24, 2.45) is 7.05 Å². The number of esters is 1. The Bertz CT molecular complexity index is 941. The molecule has 1 atom stereocenters. The normalized spacial score (nSPS) is 12.5. The topological polar surface area (TPSA) is 83.0 Å². The molecule has 0 aliphatic carbocycles. The molecule has 0 N–H and O–H groups in total. The average Bonchev–Trinajstić information content (AvgIpc) is 3.20. The van der Waals surface area contributed by atoms with Gasteiger partial charge in [-0.15, -0.1) is 10.2 Å². The lowest BCUT2D eigenvalue weighted by atomic mass is 10.2. The van der Waals surface area contributed by atoms with Crippen molar-refractivity contribution in [2.75, 3.05) is 0 Å². The number of aromatic nitrogens is 4. The van der Waals surface area contributed by atoms with Gasteiger partial charge in [0, 0.05) is 29.9 Å². The summed E-state index contributed by atoms with van der Waals surface area (Å²) in [7, 11) is 1.86. The number of nitrogens with zero attached hydrogens (tertiary/aromatic N) is 4. The summed E-state index contributed by atoms with van der Waals surface area (Å²) in [4.78, 5) is 12.1. The van der Waals surface area contributed by atoms with Crippen molar-refractivity contribution in [2.45, 2.75) is 26.9 Å². The van der Waals surface area contributed by atoms with Gasteiger partial charge < -0.3 is 9.15 Å². The van der Waals surface area contributed by atoms with E-state index in [0.29, 0.717) is 5.89 Å². The molecule has 0 fully saturated rings. The van der Waals surface area contributed by atoms with Crippen LogP contribution >= 0.6 is 0 Å². The fraction of sp³-hybridized carbons (Fsp3) is 0.263. The first-order chi connectivity index (χ1) is 12.5. The maximum atomic E-state index is 12.1. The molecule has 2 heterocycles. The number of hydrogen-bond donors (Lipinski definition) is 0. The second kappa shape index (κ2) is 7.35. The summed E-state index contributed by atoms with van der Waals surface area (Å²) in [6.45, 7) is 5.52. The molecular weight excluding hydrogens is 332 g/mol. The minimum Gasteiger partial charge on any atom is -0.449 e. The molecule has 3 rings (SSSR count). The highest BCUT2D eigenvalue weighted by Gasteiger charge is 2.18. The Morgan fingerprint density at radius 2 is 1.96 bits per heavy atom. The number of carbonyl (C=O) groups is 1. The lowest BCUT2D eigenvalue weighted by molar-refractivity contribution is -0.143. The van der Waals surface area contributed by atoms with Gasteiger partial charge in [-0.05, 0) is 39.0 Å². The van der Waals surface area contributed by atoms with Crippen LogP contribution in [0.5, 0.6) is 0 Å². The van der Waals surface area contributed by atoms with Crippen molar-refractivity contribution in [3.8, 4) is 11.5 Å². The molecule has 26 heavy (non-hydrogen) atoms. The van der Waals surface area contributed by atoms with E-state index in [2.05, 4.69) is 15.3 Å². The van der Waals surface area contributed by atoms with Crippen LogP contribution < -0.4 is 0 Å². The van der Waals surface area contributed by atoms with Gasteiger partial charge in [-0.3, -0.25) is 4.68 Å². The van der Waals surface area contributed by atoms with Crippen LogP contribution in [0.3, 0.4) is 0 Å². The van der Waals surface area contributed by atoms with Crippen molar-refractivity contribution in [3.63, 3.8) is 0 Å². The lowest BCUT2D eigenvalue weighted by Gasteiger charge is -2.06. The highest BCUT2D eigenvalue weighted by Crippen LogP contribution is 2.22. The largest absolute Gasteiger partial charge is 0.449 e. The number of hydrogen-bond acceptors (Lipinski definition) is 6. The van der Waals surface area contributed by atoms with Gasteiger partial charge in [0.05, 0.1) is 5.69 Å². The summed E-state index contributed by atoms with van der Waals surface area (Å²) >= 11 is 0. The standard InChI is InChI=1S/C19H20N4O3/c1-12-16(13(2)23(4)22-12)10-11-17(24)25-14(3)18-20-21-19(26-18)15-8-6-5-7-9-15/h5-11,14H,1-4H3/b11-10+/t14-/m0/s1. The van der Waals surface area contributed by atoms with Crippen LogP contribution in [0.4, 0.5) is 0 Å². The van der Waals surface area contributed by atoms with E-state index in [1.54, 1.807) is 17.7 Å². The summed E-state index contributed by atoms with van der Waals surface area (Å²) in [6.07, 6.45) is 2.44. The summed E-state index contributed by atoms with van der Waals surface area (Å²) in [6, 6.07) is 9.42. The van der Waals surface area contributed by atoms with E-state index in [1.807, 2.05) is 51.2 Å². The Hall–Kier alpha value is -3.22. The van der Waals surface area contributed by atoms with E-state index in [4.69, 9.17) is 9.15 Å². The predicted octanol–water partition coefficient (Wildman–Crippen LogP) is 3.40. The molecule has 0 aliphatic heterocycles. The van der Waals surface area contributed by atoms with Gasteiger partial charge >= 0.3 is 5.97 Å². The number of ether oxygens (including phenoxy) is 1. The molecule has 134 valence electrons. The molecular formula is C19H20N4O3. The van der Waals surface area contributed by atoms with Crippen molar-refractivity contribution in [3.05, 3.63) is 59.2 Å². The summed E-state index contributed by atoms with van der Waals surface area (Å²) in [5.74, 6) is 0.152. The smallest absolute Gasteiger partial charge is 0.331 e. The van der Waals surface area contributed by atoms with E-state index in [1.165, 1.54) is 6.08 Å². The van der Waals surface area contributed by atoms with Crippen LogP contribution in [0, 0.1) is 13.8 Å². The predicted molar refractivity (Wildman–Crippen MR) is 96.0 cm³/mol. The third-order valence-corrected chi connectivity index (χ3v) is 4.05. The second-order valence-electron chi connectivity index (χ2n) is 5.93. The molecule has 0 radical (unpaired) electrons. The maximum Gasteiger partial charge on any atom is 0.331 e. The number of carbonyl (C=O) groups excluding carboxylic acids is 1. The van der Waals surface area contributed by atoms with Crippen LogP contribution in [0.25, 0.3) is 17.5 Å². The second-order valence-corrected chi connectivity index (χ2v) is 5.93. The Labute approximate surface area is 151 Å². The summed E-state index contributed by atoms with van der Waals surface area (Å²) < 4.78 is 12.7. The molecule has 7 nitrogen and oxygen atoms in total. The Morgan fingerprint density at radius 1 is 1.23 bits per heavy atom. The molecule has 0 aliphatic rings. The molecule has 0 unspecified atom stereocenters. The van der Waals surface area contributed by atoms with Gasteiger partial charge in [-0.2, -0.15) is 5.10 Å². The van der Waals surface area contributed by atoms with Crippen molar-refractivity contribution < 1.29 is 13.9 Å². The molecule has 2 aromatic heterocycles. The molecule has 0 saturated heterocycles. The summed E-state index contributed by atoms with van der Waals surface area (Å²) in [5, 5.41) is 12.3. The van der Waals surface area contributed by atoms with Gasteiger partial charge in [-0.1, -0.05) is 18.2 Å². The first-order valence-corrected chi connectivity index (χ1v) is 8.23. The molecule has 0 bridgehead atoms. The lowest BCUT2D eigenvalue weighted by Crippen LogP contribution is -2.06. The third kappa shape index (κ3) is 3.72. The minimum atomic E-state index is -0.645. The Morgan fingerprint density at radius 3 is 2.62 bits per heavy atom. The van der Waals surface area contributed by atoms with E-state index >= 15 is 0 Å². The van der Waals surface area contributed by atoms with Crippen LogP contribution in [0.15, 0.2) is 40.8 Å². The van der Waals surface area contributed by atoms with E-state index in [0.717, 1.165) is 22.5 Å². The SMILES string of the molecule is Cc1nn(C)c(C)c1/C=C/C(=O)O[C@@H](C)c1nnc(-c2ccccc2)o1. The monoisotopic (exact) mass is 352 g/mol. The summed E-state index contributed by atoms with van der Waals surface area (Å²) in [5.41, 5.74) is 3.55. The average molecular weight is 352 g/mol. The molecule has 0 amide bonds. The zero-order valence-electron chi connectivity index (χ0n) is 15.1. The fourth-order valence-corrected chi connectivity index (χ4v) is 2.54. The Kier molecular flexibility index (Phi) is 4.97. The molecule has 3 aromatic rings.